The quantitative estimate of drug-likeness (QED) is 0.301. The molecule has 0 bridgehead atoms. The first-order valence-corrected chi connectivity index (χ1v) is 9.85. The molecule has 0 unspecified atom stereocenters. The van der Waals surface area contributed by atoms with E-state index in [0.717, 1.165) is 12.8 Å². The molecule has 1 heterocycles. The molecular formula is C18H26N2O9S. The van der Waals surface area contributed by atoms with Crippen LogP contribution in [0.25, 0.3) is 0 Å². The van der Waals surface area contributed by atoms with E-state index in [-0.39, 0.29) is 17.8 Å². The highest BCUT2D eigenvalue weighted by Gasteiger charge is 2.52. The van der Waals surface area contributed by atoms with Crippen LogP contribution in [0, 0.1) is 0 Å². The summed E-state index contributed by atoms with van der Waals surface area (Å²) in [6, 6.07) is -0.760. The van der Waals surface area contributed by atoms with E-state index in [9.17, 15) is 19.2 Å². The Morgan fingerprint density at radius 3 is 1.93 bits per heavy atom. The second-order valence-corrected chi connectivity index (χ2v) is 7.43. The standard InChI is InChI=1S/C18H26N2O9S/c1-8(21)25-7-13-15(26-9(2)22)16(27-10(3)23)14(17(29-13)28-11(4)24)20-18(30)19-12-5-6-12/h12-17H,5-7H2,1-4H3,(H2,19,20,30)/t13-,14-,15-,16-,17-/m1/s1. The summed E-state index contributed by atoms with van der Waals surface area (Å²) < 4.78 is 26.7. The Morgan fingerprint density at radius 1 is 0.867 bits per heavy atom. The molecule has 0 aromatic rings. The van der Waals surface area contributed by atoms with Gasteiger partial charge in [-0.3, -0.25) is 19.2 Å². The highest BCUT2D eigenvalue weighted by Crippen LogP contribution is 2.28. The maximum Gasteiger partial charge on any atom is 0.305 e. The zero-order chi connectivity index (χ0) is 22.4. The summed E-state index contributed by atoms with van der Waals surface area (Å²) in [4.78, 5) is 46.4. The fraction of sp³-hybridized carbons (Fsp3) is 0.722. The van der Waals surface area contributed by atoms with Gasteiger partial charge in [-0.2, -0.15) is 0 Å². The number of thiocarbonyl (C=S) groups is 1. The molecule has 0 spiro atoms. The molecule has 2 rings (SSSR count). The molecule has 11 nitrogen and oxygen atoms in total. The van der Waals surface area contributed by atoms with Crippen molar-refractivity contribution in [3.63, 3.8) is 0 Å². The number of nitrogens with one attached hydrogen (secondary N) is 2. The van der Waals surface area contributed by atoms with Crippen molar-refractivity contribution in [2.24, 2.45) is 0 Å². The van der Waals surface area contributed by atoms with Crippen LogP contribution in [0.4, 0.5) is 0 Å². The molecule has 0 amide bonds. The first kappa shape index (κ1) is 23.8. The lowest BCUT2D eigenvalue weighted by Crippen LogP contribution is -2.67. The van der Waals surface area contributed by atoms with Crippen molar-refractivity contribution >= 4 is 41.2 Å². The molecule has 1 aliphatic carbocycles. The summed E-state index contributed by atoms with van der Waals surface area (Å²) in [6.07, 6.45) is -2.70. The van der Waals surface area contributed by atoms with Gasteiger partial charge in [-0.05, 0) is 25.1 Å². The second-order valence-electron chi connectivity index (χ2n) is 7.02. The molecule has 1 saturated heterocycles. The molecule has 1 aliphatic heterocycles. The molecule has 2 fully saturated rings. The van der Waals surface area contributed by atoms with Gasteiger partial charge in [0.2, 0.25) is 6.29 Å². The summed E-state index contributed by atoms with van der Waals surface area (Å²) in [5.74, 6) is -2.59. The summed E-state index contributed by atoms with van der Waals surface area (Å²) >= 11 is 5.29. The van der Waals surface area contributed by atoms with Gasteiger partial charge in [0.15, 0.2) is 17.3 Å². The van der Waals surface area contributed by atoms with Gasteiger partial charge >= 0.3 is 23.9 Å². The van der Waals surface area contributed by atoms with E-state index in [2.05, 4.69) is 10.6 Å². The maximum absolute atomic E-state index is 11.8. The average molecular weight is 446 g/mol. The molecule has 168 valence electrons. The van der Waals surface area contributed by atoms with E-state index in [1.165, 1.54) is 27.7 Å². The molecular weight excluding hydrogens is 420 g/mol. The van der Waals surface area contributed by atoms with E-state index in [0.29, 0.717) is 0 Å². The minimum atomic E-state index is -1.27. The molecule has 0 aromatic carbocycles. The zero-order valence-corrected chi connectivity index (χ0v) is 18.0. The maximum atomic E-state index is 11.8. The molecule has 30 heavy (non-hydrogen) atoms. The van der Waals surface area contributed by atoms with Gasteiger partial charge in [0.1, 0.15) is 18.8 Å². The van der Waals surface area contributed by atoms with Gasteiger partial charge < -0.3 is 34.3 Å². The monoisotopic (exact) mass is 446 g/mol. The van der Waals surface area contributed by atoms with Crippen LogP contribution in [0.2, 0.25) is 0 Å². The van der Waals surface area contributed by atoms with Gasteiger partial charge in [0, 0.05) is 33.7 Å². The van der Waals surface area contributed by atoms with Gasteiger partial charge in [-0.25, -0.2) is 0 Å². The van der Waals surface area contributed by atoms with Crippen molar-refractivity contribution in [3.05, 3.63) is 0 Å². The minimum Gasteiger partial charge on any atom is -0.463 e. The Labute approximate surface area is 179 Å². The Kier molecular flexibility index (Phi) is 8.35. The number of hydrogen-bond donors (Lipinski definition) is 2. The van der Waals surface area contributed by atoms with E-state index in [1.54, 1.807) is 0 Å². The Hall–Kier alpha value is -2.47. The van der Waals surface area contributed by atoms with Crippen molar-refractivity contribution in [3.8, 4) is 0 Å². The first-order valence-electron chi connectivity index (χ1n) is 9.44. The summed E-state index contributed by atoms with van der Waals surface area (Å²) in [5.41, 5.74) is 0. The Bertz CT molecular complexity index is 697. The number of rotatable bonds is 7. The fourth-order valence-corrected chi connectivity index (χ4v) is 3.23. The lowest BCUT2D eigenvalue weighted by Gasteiger charge is -2.44. The molecule has 5 atom stereocenters. The van der Waals surface area contributed by atoms with E-state index >= 15 is 0 Å². The van der Waals surface area contributed by atoms with Crippen molar-refractivity contribution in [1.29, 1.82) is 0 Å². The highest BCUT2D eigenvalue weighted by atomic mass is 32.1. The Morgan fingerprint density at radius 2 is 1.43 bits per heavy atom. The third-order valence-corrected chi connectivity index (χ3v) is 4.43. The van der Waals surface area contributed by atoms with Crippen LogP contribution in [-0.4, -0.2) is 72.3 Å². The average Bonchev–Trinajstić information content (AvgIpc) is 3.41. The van der Waals surface area contributed by atoms with Crippen molar-refractivity contribution in [2.45, 2.75) is 77.2 Å². The van der Waals surface area contributed by atoms with Gasteiger partial charge in [0.05, 0.1) is 0 Å². The van der Waals surface area contributed by atoms with E-state index < -0.39 is 54.5 Å². The van der Waals surface area contributed by atoms with E-state index in [1.807, 2.05) is 0 Å². The number of carbonyl (C=O) groups excluding carboxylic acids is 4. The number of ether oxygens (including phenoxy) is 5. The fourth-order valence-electron chi connectivity index (χ4n) is 2.93. The topological polar surface area (TPSA) is 138 Å². The van der Waals surface area contributed by atoms with Crippen LogP contribution in [0.5, 0.6) is 0 Å². The third kappa shape index (κ3) is 7.41. The SMILES string of the molecule is CC(=O)OC[C@H]1O[C@@H](OC(C)=O)[C@H](NC(=S)NC2CC2)[C@@H](OC(C)=O)[C@@H]1OC(C)=O. The summed E-state index contributed by atoms with van der Waals surface area (Å²) in [6.45, 7) is 4.41. The molecule has 2 aliphatic rings. The lowest BCUT2D eigenvalue weighted by atomic mass is 9.96. The highest BCUT2D eigenvalue weighted by molar-refractivity contribution is 7.80. The summed E-state index contributed by atoms with van der Waals surface area (Å²) in [5, 5.41) is 6.23. The van der Waals surface area contributed by atoms with Crippen molar-refractivity contribution in [2.75, 3.05) is 6.61 Å². The predicted molar refractivity (Wildman–Crippen MR) is 104 cm³/mol. The van der Waals surface area contributed by atoms with Crippen LogP contribution in [-0.2, 0) is 42.9 Å². The van der Waals surface area contributed by atoms with Gasteiger partial charge in [-0.1, -0.05) is 0 Å². The molecule has 0 aromatic heterocycles. The molecule has 1 saturated carbocycles. The zero-order valence-electron chi connectivity index (χ0n) is 17.2. The number of hydrogen-bond acceptors (Lipinski definition) is 10. The van der Waals surface area contributed by atoms with Crippen molar-refractivity contribution < 1.29 is 42.9 Å². The second kappa shape index (κ2) is 10.5. The lowest BCUT2D eigenvalue weighted by molar-refractivity contribution is -0.269. The largest absolute Gasteiger partial charge is 0.463 e. The normalized spacial score (nSPS) is 27.9. The third-order valence-electron chi connectivity index (χ3n) is 4.19. The molecule has 0 radical (unpaired) electrons. The van der Waals surface area contributed by atoms with Crippen LogP contribution in [0.1, 0.15) is 40.5 Å². The van der Waals surface area contributed by atoms with E-state index in [4.69, 9.17) is 35.9 Å². The molecule has 12 heteroatoms. The smallest absolute Gasteiger partial charge is 0.305 e. The Balaban J connectivity index is 2.33. The summed E-state index contributed by atoms with van der Waals surface area (Å²) in [7, 11) is 0. The van der Waals surface area contributed by atoms with Crippen molar-refractivity contribution in [1.82, 2.24) is 10.6 Å². The van der Waals surface area contributed by atoms with Crippen LogP contribution in [0.3, 0.4) is 0 Å². The van der Waals surface area contributed by atoms with Gasteiger partial charge in [0.25, 0.3) is 0 Å². The van der Waals surface area contributed by atoms with Crippen LogP contribution in [0.15, 0.2) is 0 Å². The van der Waals surface area contributed by atoms with Crippen LogP contribution < -0.4 is 10.6 Å². The van der Waals surface area contributed by atoms with Gasteiger partial charge in [-0.15, -0.1) is 0 Å². The van der Waals surface area contributed by atoms with Crippen LogP contribution >= 0.6 is 12.2 Å². The first-order chi connectivity index (χ1) is 14.1. The predicted octanol–water partition coefficient (Wildman–Crippen LogP) is -0.304. The molecule has 2 N–H and O–H groups in total. The number of carbonyl (C=O) groups is 4. The number of esters is 4. The minimum absolute atomic E-state index is 0.231.